The van der Waals surface area contributed by atoms with E-state index in [1.807, 2.05) is 36.9 Å². The average Bonchev–Trinajstić information content (AvgIpc) is 2.93. The fourth-order valence-electron chi connectivity index (χ4n) is 3.33. The molecule has 1 aromatic heterocycles. The van der Waals surface area contributed by atoms with Crippen LogP contribution >= 0.6 is 0 Å². The van der Waals surface area contributed by atoms with Crippen molar-refractivity contribution in [2.45, 2.75) is 39.5 Å². The van der Waals surface area contributed by atoms with E-state index in [1.54, 1.807) is 12.3 Å². The lowest BCUT2D eigenvalue weighted by atomic mass is 10.1. The normalized spacial score (nSPS) is 14.6. The first-order chi connectivity index (χ1) is 12.6. The molecule has 0 atom stereocenters. The lowest BCUT2D eigenvalue weighted by Gasteiger charge is -2.20. The van der Waals surface area contributed by atoms with Gasteiger partial charge in [-0.05, 0) is 43.9 Å². The molecule has 1 saturated heterocycles. The third kappa shape index (κ3) is 4.10. The molecule has 0 spiro atoms. The number of pyridine rings is 1. The number of aryl methyl sites for hydroxylation is 2. The van der Waals surface area contributed by atoms with Crippen LogP contribution < -0.4 is 5.32 Å². The van der Waals surface area contributed by atoms with Crippen molar-refractivity contribution in [2.24, 2.45) is 0 Å². The molecule has 1 aliphatic rings. The largest absolute Gasteiger partial charge is 0.339 e. The van der Waals surface area contributed by atoms with E-state index in [4.69, 9.17) is 0 Å². The molecule has 2 heterocycles. The van der Waals surface area contributed by atoms with Crippen molar-refractivity contribution in [3.8, 4) is 0 Å². The number of likely N-dealkylation sites (tertiary alicyclic amines) is 1. The highest BCUT2D eigenvalue weighted by Crippen LogP contribution is 2.20. The number of rotatable bonds is 3. The van der Waals surface area contributed by atoms with Gasteiger partial charge in [0.2, 0.25) is 0 Å². The highest BCUT2D eigenvalue weighted by Gasteiger charge is 2.19. The van der Waals surface area contributed by atoms with Crippen molar-refractivity contribution >= 4 is 17.5 Å². The molecule has 2 aromatic rings. The van der Waals surface area contributed by atoms with Gasteiger partial charge in [0.15, 0.2) is 0 Å². The molecule has 136 valence electrons. The predicted molar refractivity (Wildman–Crippen MR) is 102 cm³/mol. The van der Waals surface area contributed by atoms with Crippen LogP contribution in [0.5, 0.6) is 0 Å². The number of benzene rings is 1. The van der Waals surface area contributed by atoms with E-state index in [-0.39, 0.29) is 11.8 Å². The lowest BCUT2D eigenvalue weighted by Crippen LogP contribution is -2.32. The van der Waals surface area contributed by atoms with Gasteiger partial charge < -0.3 is 10.2 Å². The number of amides is 2. The van der Waals surface area contributed by atoms with Gasteiger partial charge in [-0.15, -0.1) is 0 Å². The van der Waals surface area contributed by atoms with Crippen LogP contribution in [0, 0.1) is 13.8 Å². The van der Waals surface area contributed by atoms with Crippen molar-refractivity contribution in [3.63, 3.8) is 0 Å². The van der Waals surface area contributed by atoms with Crippen LogP contribution in [0.4, 0.5) is 5.69 Å². The fraction of sp³-hybridized carbons (Fsp3) is 0.381. The minimum absolute atomic E-state index is 0.0406. The summed E-state index contributed by atoms with van der Waals surface area (Å²) in [7, 11) is 0. The molecule has 1 fully saturated rings. The SMILES string of the molecule is Cc1cccc(C)c1NC(=O)c1cncc(C(=O)N2CCCCCC2)c1. The van der Waals surface area contributed by atoms with E-state index in [0.29, 0.717) is 11.1 Å². The molecule has 1 N–H and O–H groups in total. The predicted octanol–water partition coefficient (Wildman–Crippen LogP) is 3.97. The molecule has 0 saturated carbocycles. The molecule has 26 heavy (non-hydrogen) atoms. The van der Waals surface area contributed by atoms with Gasteiger partial charge in [0, 0.05) is 31.2 Å². The zero-order chi connectivity index (χ0) is 18.5. The Hall–Kier alpha value is -2.69. The number of hydrogen-bond donors (Lipinski definition) is 1. The van der Waals surface area contributed by atoms with Crippen molar-refractivity contribution in [2.75, 3.05) is 18.4 Å². The highest BCUT2D eigenvalue weighted by atomic mass is 16.2. The number of carbonyl (C=O) groups is 2. The van der Waals surface area contributed by atoms with E-state index in [2.05, 4.69) is 10.3 Å². The second-order valence-corrected chi connectivity index (χ2v) is 6.89. The van der Waals surface area contributed by atoms with Gasteiger partial charge in [-0.2, -0.15) is 0 Å². The third-order valence-corrected chi connectivity index (χ3v) is 4.86. The maximum Gasteiger partial charge on any atom is 0.257 e. The zero-order valence-corrected chi connectivity index (χ0v) is 15.4. The van der Waals surface area contributed by atoms with Crippen molar-refractivity contribution in [1.82, 2.24) is 9.88 Å². The van der Waals surface area contributed by atoms with Gasteiger partial charge >= 0.3 is 0 Å². The molecule has 0 unspecified atom stereocenters. The van der Waals surface area contributed by atoms with E-state index in [1.165, 1.54) is 19.0 Å². The number of para-hydroxylation sites is 1. The molecule has 2 amide bonds. The van der Waals surface area contributed by atoms with Crippen LogP contribution in [0.1, 0.15) is 57.5 Å². The number of aromatic nitrogens is 1. The average molecular weight is 351 g/mol. The molecule has 5 nitrogen and oxygen atoms in total. The van der Waals surface area contributed by atoms with Crippen LogP contribution in [0.3, 0.4) is 0 Å². The number of nitrogens with one attached hydrogen (secondary N) is 1. The number of hydrogen-bond acceptors (Lipinski definition) is 3. The summed E-state index contributed by atoms with van der Waals surface area (Å²) in [5.74, 6) is -0.290. The second-order valence-electron chi connectivity index (χ2n) is 6.89. The molecule has 1 aromatic carbocycles. The van der Waals surface area contributed by atoms with Gasteiger partial charge in [0.05, 0.1) is 11.1 Å². The van der Waals surface area contributed by atoms with Crippen molar-refractivity contribution in [1.29, 1.82) is 0 Å². The van der Waals surface area contributed by atoms with Gasteiger partial charge in [-0.25, -0.2) is 0 Å². The molecule has 0 radical (unpaired) electrons. The minimum Gasteiger partial charge on any atom is -0.339 e. The van der Waals surface area contributed by atoms with Crippen LogP contribution in [-0.2, 0) is 0 Å². The standard InChI is InChI=1S/C21H25N3O2/c1-15-8-7-9-16(2)19(15)23-20(25)17-12-18(14-22-13-17)21(26)24-10-5-3-4-6-11-24/h7-9,12-14H,3-6,10-11H2,1-2H3,(H,23,25). The number of anilines is 1. The molecule has 3 rings (SSSR count). The Morgan fingerprint density at radius 1 is 0.962 bits per heavy atom. The Kier molecular flexibility index (Phi) is 5.66. The van der Waals surface area contributed by atoms with Gasteiger partial charge in [-0.1, -0.05) is 31.0 Å². The Bertz CT molecular complexity index is 788. The Labute approximate surface area is 154 Å². The van der Waals surface area contributed by atoms with Crippen LogP contribution in [0.25, 0.3) is 0 Å². The molecule has 0 aliphatic carbocycles. The van der Waals surface area contributed by atoms with Gasteiger partial charge in [0.1, 0.15) is 0 Å². The first-order valence-corrected chi connectivity index (χ1v) is 9.18. The first-order valence-electron chi connectivity index (χ1n) is 9.18. The van der Waals surface area contributed by atoms with Crippen LogP contribution in [0.15, 0.2) is 36.7 Å². The minimum atomic E-state index is -0.250. The third-order valence-electron chi connectivity index (χ3n) is 4.86. The monoisotopic (exact) mass is 351 g/mol. The van der Waals surface area contributed by atoms with Crippen molar-refractivity contribution in [3.05, 3.63) is 58.9 Å². The summed E-state index contributed by atoms with van der Waals surface area (Å²) in [6.07, 6.45) is 7.45. The maximum absolute atomic E-state index is 12.7. The topological polar surface area (TPSA) is 62.3 Å². The van der Waals surface area contributed by atoms with Crippen LogP contribution in [0.2, 0.25) is 0 Å². The first kappa shape index (κ1) is 18.1. The molecular weight excluding hydrogens is 326 g/mol. The van der Waals surface area contributed by atoms with E-state index >= 15 is 0 Å². The summed E-state index contributed by atoms with van der Waals surface area (Å²) in [4.78, 5) is 31.4. The summed E-state index contributed by atoms with van der Waals surface area (Å²) in [6.45, 7) is 5.47. The quantitative estimate of drug-likeness (QED) is 0.910. The van der Waals surface area contributed by atoms with Gasteiger partial charge in [0.25, 0.3) is 11.8 Å². The van der Waals surface area contributed by atoms with E-state index < -0.39 is 0 Å². The summed E-state index contributed by atoms with van der Waals surface area (Å²) < 4.78 is 0. The molecule has 0 bridgehead atoms. The van der Waals surface area contributed by atoms with Crippen LogP contribution in [-0.4, -0.2) is 34.8 Å². The summed E-state index contributed by atoms with van der Waals surface area (Å²) in [5, 5.41) is 2.95. The lowest BCUT2D eigenvalue weighted by molar-refractivity contribution is 0.0761. The van der Waals surface area contributed by atoms with E-state index in [0.717, 1.165) is 42.7 Å². The maximum atomic E-state index is 12.7. The highest BCUT2D eigenvalue weighted by molar-refractivity contribution is 6.06. The Morgan fingerprint density at radius 3 is 2.23 bits per heavy atom. The summed E-state index contributed by atoms with van der Waals surface area (Å²) >= 11 is 0. The smallest absolute Gasteiger partial charge is 0.257 e. The molecule has 5 heteroatoms. The number of carbonyl (C=O) groups excluding carboxylic acids is 2. The van der Waals surface area contributed by atoms with Gasteiger partial charge in [-0.3, -0.25) is 14.6 Å². The fourth-order valence-corrected chi connectivity index (χ4v) is 3.33. The summed E-state index contributed by atoms with van der Waals surface area (Å²) in [5.41, 5.74) is 3.68. The molecular formula is C21H25N3O2. The van der Waals surface area contributed by atoms with E-state index in [9.17, 15) is 9.59 Å². The molecule has 1 aliphatic heterocycles. The Morgan fingerprint density at radius 2 is 1.58 bits per heavy atom. The summed E-state index contributed by atoms with van der Waals surface area (Å²) in [6, 6.07) is 7.52. The number of nitrogens with zero attached hydrogens (tertiary/aromatic N) is 2. The van der Waals surface area contributed by atoms with Crippen molar-refractivity contribution < 1.29 is 9.59 Å². The second kappa shape index (κ2) is 8.13. The Balaban J connectivity index is 1.78. The zero-order valence-electron chi connectivity index (χ0n) is 15.4.